The minimum atomic E-state index is -0.186. The smallest absolute Gasteiger partial charge is 0.123 e. The number of rotatable bonds is 3. The van der Waals surface area contributed by atoms with Crippen molar-refractivity contribution in [1.82, 2.24) is 0 Å². The SMILES string of the molecule is Cc1sc(C(Br)Cc2ccc(F)cc2)cc1Br. The molecule has 1 unspecified atom stereocenters. The van der Waals surface area contributed by atoms with Crippen LogP contribution in [0.3, 0.4) is 0 Å². The van der Waals surface area contributed by atoms with Gasteiger partial charge in [0.05, 0.1) is 4.83 Å². The first-order chi connectivity index (χ1) is 8.06. The molecule has 4 heteroatoms. The van der Waals surface area contributed by atoms with Gasteiger partial charge in [-0.2, -0.15) is 0 Å². The standard InChI is InChI=1S/C13H11Br2FS/c1-8-11(14)7-13(17-8)12(15)6-9-2-4-10(16)5-3-9/h2-5,7,12H,6H2,1H3. The summed E-state index contributed by atoms with van der Waals surface area (Å²) in [5, 5.41) is 0. The van der Waals surface area contributed by atoms with Crippen molar-refractivity contribution in [3.8, 4) is 0 Å². The van der Waals surface area contributed by atoms with Crippen LogP contribution in [0, 0.1) is 12.7 Å². The molecule has 0 saturated heterocycles. The second-order valence-corrected chi connectivity index (χ2v) is 7.10. The molecule has 1 aromatic carbocycles. The number of halogens is 3. The quantitative estimate of drug-likeness (QED) is 0.607. The lowest BCUT2D eigenvalue weighted by atomic mass is 10.1. The number of hydrogen-bond acceptors (Lipinski definition) is 1. The Bertz CT molecular complexity index is 485. The predicted octanol–water partition coefficient (Wildman–Crippen LogP) is 5.64. The zero-order valence-corrected chi connectivity index (χ0v) is 13.2. The molecule has 2 aromatic rings. The summed E-state index contributed by atoms with van der Waals surface area (Å²) in [5.41, 5.74) is 1.13. The fourth-order valence-electron chi connectivity index (χ4n) is 1.56. The van der Waals surface area contributed by atoms with Crippen molar-refractivity contribution in [2.45, 2.75) is 18.2 Å². The van der Waals surface area contributed by atoms with Gasteiger partial charge in [-0.15, -0.1) is 11.3 Å². The van der Waals surface area contributed by atoms with E-state index in [2.05, 4.69) is 44.8 Å². The molecule has 0 aliphatic heterocycles. The van der Waals surface area contributed by atoms with E-state index in [9.17, 15) is 4.39 Å². The summed E-state index contributed by atoms with van der Waals surface area (Å²) >= 11 is 8.98. The molecule has 0 spiro atoms. The van der Waals surface area contributed by atoms with Crippen LogP contribution in [0.5, 0.6) is 0 Å². The average Bonchev–Trinajstić information content (AvgIpc) is 2.63. The van der Waals surface area contributed by atoms with Crippen LogP contribution in [0.2, 0.25) is 0 Å². The van der Waals surface area contributed by atoms with E-state index in [1.165, 1.54) is 21.9 Å². The highest BCUT2D eigenvalue weighted by atomic mass is 79.9. The summed E-state index contributed by atoms with van der Waals surface area (Å²) < 4.78 is 13.9. The Labute approximate surface area is 121 Å². The molecule has 0 N–H and O–H groups in total. The third-order valence-electron chi connectivity index (χ3n) is 2.51. The molecule has 0 nitrogen and oxygen atoms in total. The molecule has 1 atom stereocenters. The van der Waals surface area contributed by atoms with E-state index < -0.39 is 0 Å². The molecule has 0 saturated carbocycles. The summed E-state index contributed by atoms with van der Waals surface area (Å²) in [7, 11) is 0. The Morgan fingerprint density at radius 1 is 1.29 bits per heavy atom. The fourth-order valence-corrected chi connectivity index (χ4v) is 3.89. The number of aryl methyl sites for hydroxylation is 1. The maximum atomic E-state index is 12.8. The van der Waals surface area contributed by atoms with E-state index in [0.29, 0.717) is 0 Å². The number of benzene rings is 1. The van der Waals surface area contributed by atoms with Gasteiger partial charge in [-0.1, -0.05) is 28.1 Å². The zero-order valence-electron chi connectivity index (χ0n) is 9.21. The monoisotopic (exact) mass is 376 g/mol. The van der Waals surface area contributed by atoms with Crippen LogP contribution in [0.4, 0.5) is 4.39 Å². The summed E-state index contributed by atoms with van der Waals surface area (Å²) in [6, 6.07) is 8.82. The van der Waals surface area contributed by atoms with Crippen molar-refractivity contribution in [2.24, 2.45) is 0 Å². The fraction of sp³-hybridized carbons (Fsp3) is 0.231. The lowest BCUT2D eigenvalue weighted by Crippen LogP contribution is -1.92. The van der Waals surface area contributed by atoms with Crippen molar-refractivity contribution < 1.29 is 4.39 Å². The van der Waals surface area contributed by atoms with Crippen LogP contribution in [0.1, 0.15) is 20.1 Å². The van der Waals surface area contributed by atoms with E-state index in [1.54, 1.807) is 11.3 Å². The molecule has 0 fully saturated rings. The van der Waals surface area contributed by atoms with Crippen LogP contribution in [-0.4, -0.2) is 0 Å². The second kappa shape index (κ2) is 5.63. The van der Waals surface area contributed by atoms with E-state index in [0.717, 1.165) is 16.5 Å². The highest BCUT2D eigenvalue weighted by Crippen LogP contribution is 2.36. The van der Waals surface area contributed by atoms with Crippen LogP contribution < -0.4 is 0 Å². The number of alkyl halides is 1. The predicted molar refractivity (Wildman–Crippen MR) is 78.5 cm³/mol. The van der Waals surface area contributed by atoms with E-state index in [1.807, 2.05) is 12.1 Å². The highest BCUT2D eigenvalue weighted by molar-refractivity contribution is 9.10. The maximum Gasteiger partial charge on any atom is 0.123 e. The Hall–Kier alpha value is -0.190. The van der Waals surface area contributed by atoms with Gasteiger partial charge in [0, 0.05) is 14.2 Å². The molecule has 17 heavy (non-hydrogen) atoms. The molecule has 0 aliphatic carbocycles. The Kier molecular flexibility index (Phi) is 4.39. The van der Waals surface area contributed by atoms with Crippen LogP contribution >= 0.6 is 43.2 Å². The van der Waals surface area contributed by atoms with Gasteiger partial charge in [0.25, 0.3) is 0 Å². The molecule has 0 radical (unpaired) electrons. The lowest BCUT2D eigenvalue weighted by Gasteiger charge is -2.07. The summed E-state index contributed by atoms with van der Waals surface area (Å²) in [6.07, 6.45) is 0.868. The van der Waals surface area contributed by atoms with Gasteiger partial charge >= 0.3 is 0 Å². The van der Waals surface area contributed by atoms with Crippen LogP contribution in [0.15, 0.2) is 34.8 Å². The zero-order chi connectivity index (χ0) is 12.4. The molecule has 90 valence electrons. The van der Waals surface area contributed by atoms with Crippen molar-refractivity contribution in [1.29, 1.82) is 0 Å². The van der Waals surface area contributed by atoms with Gasteiger partial charge in [0.1, 0.15) is 5.82 Å². The third kappa shape index (κ3) is 3.39. The highest BCUT2D eigenvalue weighted by Gasteiger charge is 2.12. The normalized spacial score (nSPS) is 12.7. The lowest BCUT2D eigenvalue weighted by molar-refractivity contribution is 0.627. The second-order valence-electron chi connectivity index (χ2n) is 3.85. The van der Waals surface area contributed by atoms with Gasteiger partial charge in [-0.05, 0) is 53.0 Å². The van der Waals surface area contributed by atoms with Crippen molar-refractivity contribution in [3.63, 3.8) is 0 Å². The molecular weight excluding hydrogens is 367 g/mol. The Morgan fingerprint density at radius 2 is 1.94 bits per heavy atom. The minimum absolute atomic E-state index is 0.186. The Balaban J connectivity index is 2.11. The molecule has 2 rings (SSSR count). The molecule has 1 aromatic heterocycles. The molecular formula is C13H11Br2FS. The average molecular weight is 378 g/mol. The molecule has 0 bridgehead atoms. The van der Waals surface area contributed by atoms with E-state index in [4.69, 9.17) is 0 Å². The molecule has 0 amide bonds. The molecule has 1 heterocycles. The summed E-state index contributed by atoms with van der Waals surface area (Å²) in [4.78, 5) is 2.85. The maximum absolute atomic E-state index is 12.8. The minimum Gasteiger partial charge on any atom is -0.207 e. The van der Waals surface area contributed by atoms with Gasteiger partial charge in [0.15, 0.2) is 0 Å². The number of hydrogen-bond donors (Lipinski definition) is 0. The number of thiophene rings is 1. The summed E-state index contributed by atoms with van der Waals surface area (Å²) in [6.45, 7) is 2.09. The topological polar surface area (TPSA) is 0 Å². The van der Waals surface area contributed by atoms with Crippen LogP contribution in [-0.2, 0) is 6.42 Å². The first-order valence-electron chi connectivity index (χ1n) is 5.20. The Morgan fingerprint density at radius 3 is 2.47 bits per heavy atom. The van der Waals surface area contributed by atoms with Gasteiger partial charge in [-0.3, -0.25) is 0 Å². The van der Waals surface area contributed by atoms with Crippen LogP contribution in [0.25, 0.3) is 0 Å². The third-order valence-corrected chi connectivity index (χ3v) is 5.88. The molecule has 0 aliphatic rings. The van der Waals surface area contributed by atoms with Crippen molar-refractivity contribution >= 4 is 43.2 Å². The van der Waals surface area contributed by atoms with Gasteiger partial charge in [0.2, 0.25) is 0 Å². The van der Waals surface area contributed by atoms with Gasteiger partial charge in [-0.25, -0.2) is 4.39 Å². The van der Waals surface area contributed by atoms with Crippen molar-refractivity contribution in [3.05, 3.63) is 55.9 Å². The largest absolute Gasteiger partial charge is 0.207 e. The van der Waals surface area contributed by atoms with E-state index >= 15 is 0 Å². The van der Waals surface area contributed by atoms with Gasteiger partial charge < -0.3 is 0 Å². The first kappa shape index (κ1) is 13.2. The summed E-state index contributed by atoms with van der Waals surface area (Å²) in [5.74, 6) is -0.186. The first-order valence-corrected chi connectivity index (χ1v) is 7.73. The van der Waals surface area contributed by atoms with Crippen molar-refractivity contribution in [2.75, 3.05) is 0 Å². The van der Waals surface area contributed by atoms with E-state index in [-0.39, 0.29) is 10.6 Å².